The number of aryl methyl sites for hydroxylation is 3. The van der Waals surface area contributed by atoms with Gasteiger partial charge in [-0.05, 0) is 131 Å². The van der Waals surface area contributed by atoms with Gasteiger partial charge in [0.15, 0.2) is 0 Å². The molecule has 0 radical (unpaired) electrons. The molecule has 12 rings (SSSR count). The van der Waals surface area contributed by atoms with Crippen LogP contribution in [0.25, 0.3) is 0 Å². The van der Waals surface area contributed by atoms with Crippen LogP contribution in [0.15, 0.2) is 127 Å². The Labute approximate surface area is 621 Å². The van der Waals surface area contributed by atoms with E-state index in [-0.39, 0.29) is 58.4 Å². The number of halogens is 13. The fourth-order valence-electron chi connectivity index (χ4n) is 12.4. The number of carboxylic acids is 2. The number of carbonyl (C=O) groups is 6. The lowest BCUT2D eigenvalue weighted by Gasteiger charge is -2.21. The number of esters is 2. The quantitative estimate of drug-likeness (QED) is 0.0418. The molecule has 3 aliphatic heterocycles. The molecule has 0 saturated heterocycles. The normalized spacial score (nSPS) is 13.7. The fraction of sp³-hybridized carbons (Fsp3) is 0.311. The Morgan fingerprint density at radius 1 is 0.440 bits per heavy atom. The van der Waals surface area contributed by atoms with Crippen LogP contribution in [0.4, 0.5) is 70.1 Å². The largest absolute Gasteiger partial charge is 0.478 e. The van der Waals surface area contributed by atoms with Gasteiger partial charge in [-0.15, -0.1) is 12.4 Å². The van der Waals surface area contributed by atoms with Gasteiger partial charge in [-0.25, -0.2) is 46.4 Å². The van der Waals surface area contributed by atoms with Crippen LogP contribution in [-0.4, -0.2) is 109 Å². The van der Waals surface area contributed by atoms with Crippen LogP contribution >= 0.6 is 12.4 Å². The van der Waals surface area contributed by atoms with Crippen LogP contribution in [0.3, 0.4) is 0 Å². The number of methoxy groups -OCH3 is 2. The van der Waals surface area contributed by atoms with Gasteiger partial charge in [0.2, 0.25) is 0 Å². The number of amides is 2. The van der Waals surface area contributed by atoms with Crippen LogP contribution in [-0.2, 0) is 67.3 Å². The van der Waals surface area contributed by atoms with Gasteiger partial charge < -0.3 is 50.8 Å². The molecule has 0 spiro atoms. The number of rotatable bonds is 17. The predicted octanol–water partition coefficient (Wildman–Crippen LogP) is 14.2. The first-order valence-corrected chi connectivity index (χ1v) is 33.1. The highest BCUT2D eigenvalue weighted by Gasteiger charge is 2.37. The van der Waals surface area contributed by atoms with Crippen molar-refractivity contribution in [1.29, 1.82) is 0 Å². The second kappa shape index (κ2) is 34.2. The number of aromatic nitrogens is 6. The summed E-state index contributed by atoms with van der Waals surface area (Å²) in [5.74, 6) is -4.78. The van der Waals surface area contributed by atoms with Gasteiger partial charge in [-0.3, -0.25) is 9.59 Å². The summed E-state index contributed by atoms with van der Waals surface area (Å²) >= 11 is 0. The van der Waals surface area contributed by atoms with E-state index in [0.29, 0.717) is 120 Å². The number of nitrogens with one attached hydrogen (secondary N) is 2. The van der Waals surface area contributed by atoms with Gasteiger partial charge >= 0.3 is 42.4 Å². The van der Waals surface area contributed by atoms with Gasteiger partial charge in [-0.1, -0.05) is 54.6 Å². The molecule has 580 valence electrons. The Morgan fingerprint density at radius 2 is 0.725 bits per heavy atom. The molecule has 9 aromatic rings. The van der Waals surface area contributed by atoms with E-state index in [0.717, 1.165) is 54.6 Å². The first kappa shape index (κ1) is 83.2. The number of hydrogen-bond donors (Lipinski definition) is 5. The number of alkyl halides is 9. The Bertz CT molecular complexity index is 4830. The van der Waals surface area contributed by atoms with Crippen LogP contribution < -0.4 is 31.1 Å². The van der Waals surface area contributed by atoms with Crippen molar-refractivity contribution in [3.63, 3.8) is 0 Å². The summed E-state index contributed by atoms with van der Waals surface area (Å²) in [4.78, 5) is 77.1. The van der Waals surface area contributed by atoms with Gasteiger partial charge in [-0.2, -0.15) is 54.8 Å². The molecule has 0 aliphatic carbocycles. The topological polar surface area (TPSA) is 275 Å². The lowest BCUT2D eigenvalue weighted by Crippen LogP contribution is -2.30. The first-order chi connectivity index (χ1) is 50.8. The SMILES string of the molecule is COC(=O)c1ccc([C@H](C)N)c(F)c1.COC(=O)c1ccc([C@H](C)NC(=O)c2c(C)nn3c2N(Cc2ccc(C(F)(F)F)cc2)CC3)c(F)c1.Cc1nn2c(c1C(=O)N[C@@H](C)c1ccc(C(=O)O)cc1F)N(Cc1ccc(C(F)(F)F)cc1)CC2.Cc1nn2c(c1C(=O)O)N(Cc1ccc(C(F)(F)F)cc1)CC2.Cl. The molecule has 0 saturated carbocycles. The Morgan fingerprint density at radius 3 is 1.00 bits per heavy atom. The molecule has 6 aromatic carbocycles. The average molecular weight is 1550 g/mol. The third-order valence-electron chi connectivity index (χ3n) is 17.8. The van der Waals surface area contributed by atoms with Crippen molar-refractivity contribution in [2.24, 2.45) is 5.73 Å². The molecule has 3 aliphatic rings. The van der Waals surface area contributed by atoms with Crippen LogP contribution in [0.5, 0.6) is 0 Å². The van der Waals surface area contributed by atoms with Crippen LogP contribution in [0, 0.1) is 38.2 Å². The summed E-state index contributed by atoms with van der Waals surface area (Å²) in [5.41, 5.74) is 8.23. The highest BCUT2D eigenvalue weighted by atomic mass is 35.5. The van der Waals surface area contributed by atoms with E-state index >= 15 is 0 Å². The summed E-state index contributed by atoms with van der Waals surface area (Å²) in [6, 6.07) is 24.2. The zero-order valence-corrected chi connectivity index (χ0v) is 60.2. The van der Waals surface area contributed by atoms with E-state index in [1.165, 1.54) is 87.0 Å². The fourth-order valence-corrected chi connectivity index (χ4v) is 12.4. The van der Waals surface area contributed by atoms with Crippen LogP contribution in [0.2, 0.25) is 0 Å². The van der Waals surface area contributed by atoms with Crippen molar-refractivity contribution in [3.05, 3.63) is 245 Å². The number of hydrogen-bond acceptors (Lipinski definition) is 15. The number of nitrogens with zero attached hydrogens (tertiary/aromatic N) is 9. The lowest BCUT2D eigenvalue weighted by atomic mass is 10.0. The maximum Gasteiger partial charge on any atom is 0.416 e. The minimum atomic E-state index is -4.42. The summed E-state index contributed by atoms with van der Waals surface area (Å²) in [5, 5.41) is 36.9. The smallest absolute Gasteiger partial charge is 0.416 e. The minimum absolute atomic E-state index is 0. The molecule has 22 nitrogen and oxygen atoms in total. The van der Waals surface area contributed by atoms with Crippen molar-refractivity contribution < 1.29 is 101 Å². The van der Waals surface area contributed by atoms with Gasteiger partial charge in [0.05, 0.1) is 96.4 Å². The molecular weight excluding hydrogens is 1480 g/mol. The van der Waals surface area contributed by atoms with Gasteiger partial charge in [0, 0.05) is 62.0 Å². The molecule has 6 heterocycles. The van der Waals surface area contributed by atoms with E-state index in [9.17, 15) is 86.6 Å². The highest BCUT2D eigenvalue weighted by Crippen LogP contribution is 2.37. The zero-order chi connectivity index (χ0) is 79.2. The highest BCUT2D eigenvalue weighted by molar-refractivity contribution is 6.02. The Hall–Kier alpha value is -11.4. The molecule has 3 atom stereocenters. The Kier molecular flexibility index (Phi) is 26.1. The van der Waals surface area contributed by atoms with E-state index in [2.05, 4.69) is 35.4 Å². The predicted molar refractivity (Wildman–Crippen MR) is 376 cm³/mol. The van der Waals surface area contributed by atoms with Crippen molar-refractivity contribution >= 4 is 65.6 Å². The summed E-state index contributed by atoms with van der Waals surface area (Å²) in [7, 11) is 2.45. The minimum Gasteiger partial charge on any atom is -0.478 e. The molecule has 6 N–H and O–H groups in total. The average Bonchev–Trinajstić information content (AvgIpc) is 1.63. The van der Waals surface area contributed by atoms with E-state index in [1.54, 1.807) is 55.6 Å². The third-order valence-corrected chi connectivity index (χ3v) is 17.8. The molecular formula is C74H73ClF12N12O10. The second-order valence-electron chi connectivity index (χ2n) is 25.4. The second-order valence-corrected chi connectivity index (χ2v) is 25.4. The molecule has 2 amide bonds. The molecule has 0 unspecified atom stereocenters. The number of anilines is 3. The third kappa shape index (κ3) is 19.5. The number of carboxylic acid groups (broad SMARTS) is 2. The number of fused-ring (bicyclic) bond motifs is 3. The molecule has 3 aromatic heterocycles. The molecule has 35 heteroatoms. The van der Waals surface area contributed by atoms with Crippen LogP contribution in [0.1, 0.15) is 168 Å². The zero-order valence-electron chi connectivity index (χ0n) is 59.4. The number of benzene rings is 6. The lowest BCUT2D eigenvalue weighted by molar-refractivity contribution is -0.138. The van der Waals surface area contributed by atoms with Gasteiger partial charge in [0.1, 0.15) is 51.6 Å². The standard InChI is InChI=1S/C25H24F4N4O3.C24H22F4N4O3.C15H14F3N3O2.C10H12FNO2.ClH/c1-14(19-9-6-17(12-20(19)26)24(35)36-3)30-22(34)21-15(2)31-33-11-10-32(23(21)33)13-16-4-7-18(8-5-16)25(27,28)29;1-13(18-8-5-16(23(34)35)11-19(18)25)29-21(33)20-14(2)30-32-10-9-31(22(20)32)12-15-3-6-17(7-4-15)24(26,27)28;1-9-12(14(22)23)13-20(6-7-21(13)19-9)8-10-2-4-11(5-3-10)15(16,17)18;1-6(12)8-4-3-7(5-9(8)11)10(13)14-2;/h4-9,12,14H,10-11,13H2,1-3H3,(H,30,34);3-8,11,13H,9-10,12H2,1-2H3,(H,29,33)(H,34,35);2-5H,6-8H2,1H3,(H,22,23);3-6H,12H2,1-2H3;1H/t14-;13-;;6-;/m00.0./s1. The number of carbonyl (C=O) groups excluding carboxylic acids is 4. The maximum absolute atomic E-state index is 14.6. The Balaban J connectivity index is 0.000000192. The summed E-state index contributed by atoms with van der Waals surface area (Å²) in [6.07, 6.45) is -13.2. The maximum atomic E-state index is 14.6. The van der Waals surface area contributed by atoms with E-state index < -0.39 is 100 Å². The molecule has 0 fully saturated rings. The van der Waals surface area contributed by atoms with Gasteiger partial charge in [0.25, 0.3) is 11.8 Å². The summed E-state index contributed by atoms with van der Waals surface area (Å²) in [6.45, 7) is 14.0. The van der Waals surface area contributed by atoms with E-state index in [1.807, 2.05) is 14.7 Å². The number of aromatic carboxylic acids is 2. The number of ether oxygens (including phenoxy) is 2. The van der Waals surface area contributed by atoms with E-state index in [4.69, 9.17) is 10.8 Å². The summed E-state index contributed by atoms with van der Waals surface area (Å²) < 4.78 is 171. The van der Waals surface area contributed by atoms with Crippen molar-refractivity contribution in [1.82, 2.24) is 40.0 Å². The van der Waals surface area contributed by atoms with Crippen molar-refractivity contribution in [2.45, 2.75) is 117 Å². The molecule has 109 heavy (non-hydrogen) atoms. The first-order valence-electron chi connectivity index (χ1n) is 33.1. The number of nitrogens with two attached hydrogens (primary N) is 1. The van der Waals surface area contributed by atoms with Crippen molar-refractivity contribution in [3.8, 4) is 0 Å². The molecule has 0 bridgehead atoms. The monoisotopic (exact) mass is 1550 g/mol. The van der Waals surface area contributed by atoms with Crippen molar-refractivity contribution in [2.75, 3.05) is 48.6 Å².